The van der Waals surface area contributed by atoms with Crippen molar-refractivity contribution in [2.75, 3.05) is 18.8 Å². The van der Waals surface area contributed by atoms with Gasteiger partial charge in [0.2, 0.25) is 6.79 Å². The van der Waals surface area contributed by atoms with Crippen LogP contribution >= 0.6 is 0 Å². The lowest BCUT2D eigenvalue weighted by Crippen LogP contribution is -2.54. The van der Waals surface area contributed by atoms with Gasteiger partial charge in [0, 0.05) is 6.07 Å². The van der Waals surface area contributed by atoms with E-state index in [9.17, 15) is 14.4 Å². The number of anilines is 1. The summed E-state index contributed by atoms with van der Waals surface area (Å²) < 4.78 is 15.7. The van der Waals surface area contributed by atoms with E-state index in [2.05, 4.69) is 5.32 Å². The molecule has 0 aliphatic carbocycles. The molecule has 8 heteroatoms. The van der Waals surface area contributed by atoms with Crippen LogP contribution in [0, 0.1) is 0 Å². The van der Waals surface area contributed by atoms with Gasteiger partial charge in [0.15, 0.2) is 11.5 Å². The van der Waals surface area contributed by atoms with Crippen molar-refractivity contribution in [3.63, 3.8) is 0 Å². The van der Waals surface area contributed by atoms with Crippen molar-refractivity contribution in [3.8, 4) is 17.2 Å². The number of methoxy groups -OCH3 is 1. The maximum absolute atomic E-state index is 12.9. The van der Waals surface area contributed by atoms with E-state index < -0.39 is 17.8 Å². The fraction of sp³-hybridized carbons (Fsp3) is 0.105. The monoisotopic (exact) mass is 366 g/mol. The molecule has 2 aliphatic heterocycles. The predicted octanol–water partition coefficient (Wildman–Crippen LogP) is 2.09. The number of ether oxygens (including phenoxy) is 3. The van der Waals surface area contributed by atoms with Crippen molar-refractivity contribution >= 4 is 29.6 Å². The van der Waals surface area contributed by atoms with Gasteiger partial charge in [-0.2, -0.15) is 0 Å². The highest BCUT2D eigenvalue weighted by molar-refractivity contribution is 6.39. The number of hydrogen-bond acceptors (Lipinski definition) is 6. The second-order valence-corrected chi connectivity index (χ2v) is 5.77. The summed E-state index contributed by atoms with van der Waals surface area (Å²) in [5.41, 5.74) is 0.690. The van der Waals surface area contributed by atoms with Crippen LogP contribution in [-0.2, 0) is 9.59 Å². The lowest BCUT2D eigenvalue weighted by atomic mass is 10.1. The van der Waals surface area contributed by atoms with Crippen LogP contribution in [0.25, 0.3) is 6.08 Å². The van der Waals surface area contributed by atoms with Gasteiger partial charge in [-0.15, -0.1) is 0 Å². The first-order chi connectivity index (χ1) is 13.1. The summed E-state index contributed by atoms with van der Waals surface area (Å²) in [5, 5.41) is 2.18. The summed E-state index contributed by atoms with van der Waals surface area (Å²) in [6.45, 7) is 0.118. The number of nitrogens with zero attached hydrogens (tertiary/aromatic N) is 1. The molecule has 2 aromatic carbocycles. The first-order valence-corrected chi connectivity index (χ1v) is 8.02. The number of barbiturate groups is 1. The highest BCUT2D eigenvalue weighted by Gasteiger charge is 2.37. The van der Waals surface area contributed by atoms with Gasteiger partial charge < -0.3 is 14.2 Å². The van der Waals surface area contributed by atoms with Gasteiger partial charge in [-0.1, -0.05) is 12.1 Å². The number of imide groups is 2. The molecule has 27 heavy (non-hydrogen) atoms. The average Bonchev–Trinajstić information content (AvgIpc) is 3.13. The van der Waals surface area contributed by atoms with Crippen molar-refractivity contribution in [3.05, 3.63) is 53.6 Å². The SMILES string of the molecule is COc1cccc(N2C(=O)NC(=O)/C(=C\c3ccc4c(c3)OCO4)C2=O)c1. The van der Waals surface area contributed by atoms with E-state index in [0.29, 0.717) is 28.5 Å². The van der Waals surface area contributed by atoms with E-state index >= 15 is 0 Å². The molecule has 0 unspecified atom stereocenters. The molecule has 0 saturated carbocycles. The minimum Gasteiger partial charge on any atom is -0.497 e. The van der Waals surface area contributed by atoms with Gasteiger partial charge in [-0.05, 0) is 35.9 Å². The number of benzene rings is 2. The Hall–Kier alpha value is -3.81. The third-order valence-corrected chi connectivity index (χ3v) is 4.12. The number of hydrogen-bond donors (Lipinski definition) is 1. The summed E-state index contributed by atoms with van der Waals surface area (Å²) in [5.74, 6) is 0.0984. The molecule has 8 nitrogen and oxygen atoms in total. The molecule has 4 amide bonds. The molecule has 0 aromatic heterocycles. The van der Waals surface area contributed by atoms with Crippen LogP contribution in [0.4, 0.5) is 10.5 Å². The Labute approximate surface area is 153 Å². The topological polar surface area (TPSA) is 94.2 Å². The summed E-state index contributed by atoms with van der Waals surface area (Å²) in [7, 11) is 1.48. The molecule has 0 bridgehead atoms. The van der Waals surface area contributed by atoms with Crippen LogP contribution in [0.3, 0.4) is 0 Å². The number of urea groups is 1. The normalized spacial score (nSPS) is 17.3. The Kier molecular flexibility index (Phi) is 4.00. The predicted molar refractivity (Wildman–Crippen MR) is 94.6 cm³/mol. The van der Waals surface area contributed by atoms with E-state index in [1.807, 2.05) is 0 Å². The molecule has 136 valence electrons. The van der Waals surface area contributed by atoms with Gasteiger partial charge >= 0.3 is 6.03 Å². The molecule has 0 spiro atoms. The van der Waals surface area contributed by atoms with Crippen molar-refractivity contribution in [2.24, 2.45) is 0 Å². The van der Waals surface area contributed by atoms with Crippen molar-refractivity contribution in [1.82, 2.24) is 5.32 Å². The van der Waals surface area contributed by atoms with Crippen LogP contribution in [0.2, 0.25) is 0 Å². The zero-order chi connectivity index (χ0) is 19.0. The van der Waals surface area contributed by atoms with E-state index in [4.69, 9.17) is 14.2 Å². The lowest BCUT2D eigenvalue weighted by Gasteiger charge is -2.26. The Morgan fingerprint density at radius 2 is 1.89 bits per heavy atom. The standard InChI is InChI=1S/C19H14N2O6/c1-25-13-4-2-3-12(9-13)21-18(23)14(17(22)20-19(21)24)7-11-5-6-15-16(8-11)27-10-26-15/h2-9H,10H2,1H3,(H,20,22,24)/b14-7+. The molecule has 1 fully saturated rings. The first kappa shape index (κ1) is 16.6. The quantitative estimate of drug-likeness (QED) is 0.660. The fourth-order valence-corrected chi connectivity index (χ4v) is 2.81. The smallest absolute Gasteiger partial charge is 0.335 e. The average molecular weight is 366 g/mol. The van der Waals surface area contributed by atoms with E-state index in [0.717, 1.165) is 4.90 Å². The zero-order valence-electron chi connectivity index (χ0n) is 14.2. The van der Waals surface area contributed by atoms with E-state index in [1.54, 1.807) is 36.4 Å². The summed E-state index contributed by atoms with van der Waals surface area (Å²) in [6, 6.07) is 10.7. The van der Waals surface area contributed by atoms with Gasteiger partial charge in [-0.25, -0.2) is 9.69 Å². The maximum atomic E-state index is 12.9. The minimum absolute atomic E-state index is 0.118. The molecule has 2 aliphatic rings. The zero-order valence-corrected chi connectivity index (χ0v) is 14.2. The Morgan fingerprint density at radius 1 is 1.07 bits per heavy atom. The molecule has 4 rings (SSSR count). The molecule has 2 heterocycles. The van der Waals surface area contributed by atoms with Crippen molar-refractivity contribution in [2.45, 2.75) is 0 Å². The van der Waals surface area contributed by atoms with Gasteiger partial charge in [0.1, 0.15) is 11.3 Å². The van der Waals surface area contributed by atoms with Crippen LogP contribution < -0.4 is 24.4 Å². The highest BCUT2D eigenvalue weighted by Crippen LogP contribution is 2.33. The largest absolute Gasteiger partial charge is 0.497 e. The van der Waals surface area contributed by atoms with Crippen LogP contribution in [0.1, 0.15) is 5.56 Å². The number of rotatable bonds is 3. The van der Waals surface area contributed by atoms with Crippen molar-refractivity contribution < 1.29 is 28.6 Å². The van der Waals surface area contributed by atoms with Gasteiger partial charge in [-0.3, -0.25) is 14.9 Å². The second-order valence-electron chi connectivity index (χ2n) is 5.77. The van der Waals surface area contributed by atoms with E-state index in [1.165, 1.54) is 19.3 Å². The summed E-state index contributed by atoms with van der Waals surface area (Å²) in [6.07, 6.45) is 1.40. The summed E-state index contributed by atoms with van der Waals surface area (Å²) >= 11 is 0. The molecular weight excluding hydrogens is 352 g/mol. The number of nitrogens with one attached hydrogen (secondary N) is 1. The van der Waals surface area contributed by atoms with E-state index in [-0.39, 0.29) is 12.4 Å². The third-order valence-electron chi connectivity index (χ3n) is 4.12. The van der Waals surface area contributed by atoms with Crippen LogP contribution in [0.5, 0.6) is 17.2 Å². The van der Waals surface area contributed by atoms with Crippen molar-refractivity contribution in [1.29, 1.82) is 0 Å². The Balaban J connectivity index is 1.71. The van der Waals surface area contributed by atoms with Crippen LogP contribution in [0.15, 0.2) is 48.0 Å². The Bertz CT molecular complexity index is 997. The molecule has 0 radical (unpaired) electrons. The first-order valence-electron chi connectivity index (χ1n) is 8.02. The molecule has 2 aromatic rings. The highest BCUT2D eigenvalue weighted by atomic mass is 16.7. The summed E-state index contributed by atoms with van der Waals surface area (Å²) in [4.78, 5) is 38.2. The number of fused-ring (bicyclic) bond motifs is 1. The maximum Gasteiger partial charge on any atom is 0.335 e. The molecule has 1 saturated heterocycles. The number of carbonyl (C=O) groups excluding carboxylic acids is 3. The minimum atomic E-state index is -0.818. The number of amides is 4. The fourth-order valence-electron chi connectivity index (χ4n) is 2.81. The number of carbonyl (C=O) groups is 3. The molecule has 1 N–H and O–H groups in total. The third kappa shape index (κ3) is 2.97. The Morgan fingerprint density at radius 3 is 2.70 bits per heavy atom. The van der Waals surface area contributed by atoms with Gasteiger partial charge in [0.25, 0.3) is 11.8 Å². The second kappa shape index (κ2) is 6.49. The lowest BCUT2D eigenvalue weighted by molar-refractivity contribution is -0.122. The van der Waals surface area contributed by atoms with Crippen LogP contribution in [-0.4, -0.2) is 31.7 Å². The molecule has 0 atom stereocenters. The van der Waals surface area contributed by atoms with Gasteiger partial charge in [0.05, 0.1) is 12.8 Å². The molecular formula is C19H14N2O6.